The van der Waals surface area contributed by atoms with E-state index in [1.807, 2.05) is 67.5 Å². The number of benzene rings is 2. The molecule has 34 heavy (non-hydrogen) atoms. The summed E-state index contributed by atoms with van der Waals surface area (Å²) in [7, 11) is 0. The maximum atomic E-state index is 11.8. The Balaban J connectivity index is 0. The van der Waals surface area contributed by atoms with Crippen LogP contribution < -0.4 is 10.2 Å². The van der Waals surface area contributed by atoms with Crippen molar-refractivity contribution in [2.24, 2.45) is 0 Å². The van der Waals surface area contributed by atoms with Crippen LogP contribution in [-0.4, -0.2) is 22.2 Å². The molecule has 2 rings (SSSR count). The molecule has 0 aliphatic carbocycles. The molecule has 2 aromatic rings. The van der Waals surface area contributed by atoms with E-state index in [-0.39, 0.29) is 80.4 Å². The number of rotatable bonds is 6. The second-order valence-corrected chi connectivity index (χ2v) is 9.20. The van der Waals surface area contributed by atoms with Crippen LogP contribution in [0.2, 0.25) is 0 Å². The average molecular weight is 570 g/mol. The molecule has 0 unspecified atom stereocenters. The van der Waals surface area contributed by atoms with Gasteiger partial charge in [0.2, 0.25) is 0 Å². The molecule has 0 aromatic heterocycles. The van der Waals surface area contributed by atoms with Crippen molar-refractivity contribution in [1.82, 2.24) is 0 Å². The topological polar surface area (TPSA) is 121 Å². The molecule has 2 aromatic carbocycles. The molecule has 0 saturated heterocycles. The summed E-state index contributed by atoms with van der Waals surface area (Å²) in [5, 5.41) is 41.6. The van der Waals surface area contributed by atoms with Gasteiger partial charge >= 0.3 is 46.1 Å². The molecule has 0 spiro atoms. The summed E-state index contributed by atoms with van der Waals surface area (Å²) in [6.07, 6.45) is 0. The molecular weight excluding hydrogens is 535 g/mol. The molecule has 0 amide bonds. The van der Waals surface area contributed by atoms with Gasteiger partial charge in [-0.25, -0.2) is 9.59 Å². The van der Waals surface area contributed by atoms with Gasteiger partial charge in [0.15, 0.2) is 0 Å². The van der Waals surface area contributed by atoms with Crippen molar-refractivity contribution in [2.75, 3.05) is 0 Å². The van der Waals surface area contributed by atoms with Crippen molar-refractivity contribution in [3.63, 3.8) is 0 Å². The van der Waals surface area contributed by atoms with Crippen LogP contribution in [0, 0.1) is 0 Å². The Morgan fingerprint density at radius 1 is 0.588 bits per heavy atom. The normalized spacial score (nSPS) is 10.5. The first-order valence-corrected chi connectivity index (χ1v) is 10.8. The first-order valence-electron chi connectivity index (χ1n) is 10.8. The monoisotopic (exact) mass is 568 g/mol. The summed E-state index contributed by atoms with van der Waals surface area (Å²) in [5.41, 5.74) is 2.75. The molecule has 0 aliphatic heterocycles. The molecule has 0 saturated carbocycles. The Labute approximate surface area is 223 Å². The standard InChI is InChI=1S/2C13H18O3.2Cu/c2*1-7(2)9-5-10(8(3)4)12(14)11(6-9)13(15)16;;/h2*5-8,14H,1-4H3,(H,15,16);;/q;;2*+1/p-2. The Bertz CT molecular complexity index is 902. The SMILES string of the molecule is CC(C)c1cc(C(=O)O)c([O-])c(C(C)C)c1.CC(C)c1cc(C(=O)O)c([O-])c(C(C)C)c1.[Cu+].[Cu+]. The molecule has 0 radical (unpaired) electrons. The van der Waals surface area contributed by atoms with Crippen LogP contribution in [0.25, 0.3) is 0 Å². The summed E-state index contributed by atoms with van der Waals surface area (Å²) < 4.78 is 0. The zero-order chi connectivity index (χ0) is 24.9. The van der Waals surface area contributed by atoms with Crippen molar-refractivity contribution in [3.8, 4) is 11.5 Å². The molecular formula is C26H34Cu2O6. The fourth-order valence-electron chi connectivity index (χ4n) is 3.19. The van der Waals surface area contributed by atoms with E-state index in [9.17, 15) is 19.8 Å². The smallest absolute Gasteiger partial charge is 0.872 e. The zero-order valence-electron chi connectivity index (χ0n) is 20.7. The molecule has 0 bridgehead atoms. The summed E-state index contributed by atoms with van der Waals surface area (Å²) >= 11 is 0. The van der Waals surface area contributed by atoms with E-state index < -0.39 is 11.9 Å². The molecule has 196 valence electrons. The Kier molecular flexibility index (Phi) is 14.5. The number of hydrogen-bond donors (Lipinski definition) is 2. The molecule has 2 N–H and O–H groups in total. The van der Waals surface area contributed by atoms with Crippen molar-refractivity contribution < 1.29 is 64.2 Å². The van der Waals surface area contributed by atoms with E-state index in [0.29, 0.717) is 11.1 Å². The largest absolute Gasteiger partial charge is 1.00 e. The van der Waals surface area contributed by atoms with Gasteiger partial charge in [-0.2, -0.15) is 0 Å². The van der Waals surface area contributed by atoms with Gasteiger partial charge in [0.25, 0.3) is 0 Å². The minimum absolute atomic E-state index is 0. The number of carboxylic acids is 2. The molecule has 0 aliphatic rings. The van der Waals surface area contributed by atoms with Crippen LogP contribution in [0.5, 0.6) is 11.5 Å². The average Bonchev–Trinajstić information content (AvgIpc) is 2.67. The van der Waals surface area contributed by atoms with E-state index in [0.717, 1.165) is 11.1 Å². The number of hydrogen-bond acceptors (Lipinski definition) is 4. The van der Waals surface area contributed by atoms with Crippen molar-refractivity contribution in [3.05, 3.63) is 57.6 Å². The summed E-state index contributed by atoms with van der Waals surface area (Å²) in [4.78, 5) is 21.9. The number of carbonyl (C=O) groups is 2. The van der Waals surface area contributed by atoms with Crippen LogP contribution in [-0.2, 0) is 34.1 Å². The van der Waals surface area contributed by atoms with Crippen LogP contribution in [0.1, 0.15) is 122 Å². The fourth-order valence-corrected chi connectivity index (χ4v) is 3.19. The Morgan fingerprint density at radius 2 is 0.853 bits per heavy atom. The maximum absolute atomic E-state index is 11.8. The summed E-state index contributed by atoms with van der Waals surface area (Å²) in [6, 6.07) is 6.62. The Hall–Kier alpha value is -1.98. The molecule has 0 heterocycles. The minimum Gasteiger partial charge on any atom is -0.872 e. The number of aromatic carboxylic acids is 2. The molecule has 0 atom stereocenters. The van der Waals surface area contributed by atoms with Crippen LogP contribution in [0.15, 0.2) is 24.3 Å². The molecule has 0 fully saturated rings. The second-order valence-electron chi connectivity index (χ2n) is 9.20. The predicted molar refractivity (Wildman–Crippen MR) is 122 cm³/mol. The first kappa shape index (κ1) is 34.2. The van der Waals surface area contributed by atoms with Crippen LogP contribution >= 0.6 is 0 Å². The maximum Gasteiger partial charge on any atom is 1.00 e. The quantitative estimate of drug-likeness (QED) is 0.449. The second kappa shape index (κ2) is 14.4. The van der Waals surface area contributed by atoms with Gasteiger partial charge in [-0.1, -0.05) is 90.1 Å². The number of carboxylic acid groups (broad SMARTS) is 2. The Morgan fingerprint density at radius 3 is 1.03 bits per heavy atom. The molecule has 6 nitrogen and oxygen atoms in total. The summed E-state index contributed by atoms with van der Waals surface area (Å²) in [6.45, 7) is 15.5. The van der Waals surface area contributed by atoms with Crippen LogP contribution in [0.4, 0.5) is 0 Å². The third-order valence-electron chi connectivity index (χ3n) is 5.32. The van der Waals surface area contributed by atoms with E-state index >= 15 is 0 Å². The van der Waals surface area contributed by atoms with Crippen LogP contribution in [0.3, 0.4) is 0 Å². The van der Waals surface area contributed by atoms with E-state index in [4.69, 9.17) is 10.2 Å². The third kappa shape index (κ3) is 8.66. The fraction of sp³-hybridized carbons (Fsp3) is 0.462. The van der Waals surface area contributed by atoms with Gasteiger partial charge in [-0.15, -0.1) is 0 Å². The molecule has 8 heteroatoms. The van der Waals surface area contributed by atoms with Gasteiger partial charge in [-0.3, -0.25) is 0 Å². The van der Waals surface area contributed by atoms with E-state index in [1.54, 1.807) is 0 Å². The first-order chi connectivity index (χ1) is 14.7. The van der Waals surface area contributed by atoms with Gasteiger partial charge < -0.3 is 20.4 Å². The van der Waals surface area contributed by atoms with Gasteiger partial charge in [0.1, 0.15) is 0 Å². The van der Waals surface area contributed by atoms with E-state index in [2.05, 4.69) is 0 Å². The van der Waals surface area contributed by atoms with Crippen molar-refractivity contribution in [2.45, 2.75) is 79.1 Å². The van der Waals surface area contributed by atoms with Crippen molar-refractivity contribution >= 4 is 11.9 Å². The zero-order valence-corrected chi connectivity index (χ0v) is 22.6. The van der Waals surface area contributed by atoms with Gasteiger partial charge in [0.05, 0.1) is 11.1 Å². The van der Waals surface area contributed by atoms with Gasteiger partial charge in [-0.05, 0) is 46.9 Å². The summed E-state index contributed by atoms with van der Waals surface area (Å²) in [5.74, 6) is -2.47. The minimum atomic E-state index is -1.14. The predicted octanol–water partition coefficient (Wildman–Crippen LogP) is 5.41. The van der Waals surface area contributed by atoms with Gasteiger partial charge in [0, 0.05) is 0 Å². The van der Waals surface area contributed by atoms with Crippen molar-refractivity contribution in [1.29, 1.82) is 0 Å². The third-order valence-corrected chi connectivity index (χ3v) is 5.32. The van der Waals surface area contributed by atoms with E-state index in [1.165, 1.54) is 12.1 Å².